The maximum atomic E-state index is 14.1. The molecule has 0 bridgehead atoms. The molecule has 15 heterocycles. The summed E-state index contributed by atoms with van der Waals surface area (Å²) >= 11 is 21.7. The van der Waals surface area contributed by atoms with Crippen LogP contribution >= 0.6 is 73.1 Å². The van der Waals surface area contributed by atoms with Crippen LogP contribution in [0.1, 0.15) is 62.8 Å². The Hall–Kier alpha value is -12.2. The topological polar surface area (TPSA) is 446 Å². The van der Waals surface area contributed by atoms with Crippen molar-refractivity contribution in [2.24, 2.45) is 16.5 Å². The highest BCUT2D eigenvalue weighted by Gasteiger charge is 2.18. The van der Waals surface area contributed by atoms with E-state index in [1.54, 1.807) is 60.6 Å². The number of nitrogen functional groups attached to an aromatic ring is 1. The minimum atomic E-state index is -3.22. The number of pyridine rings is 5. The standard InChI is InChI=1S/C22H19F2N7.C11H7ClFN5.C11H8FN5O.C11H13FN2.C10H10FN5.C6H3FN2.C4H7N3.CH3I.3CH3.Al.Cl3OP/c1-12-9-27-31-21(12)29-20(14-8-15(23)11-25-10-14)30-22(31)26-7-6-16-13(2)28-19-17(16)4-3-5-18(19)24;1-6-3-15-18-10(6)16-9(17-11(18)12)7-2-8(13)5-14-4-7;1-6-3-14-17-10(6)15-9(16-11(17)18)7-2-8(12)5-13-4-7;1-7-8(5-6-13)9-3-2-4-10(12)11(9)14-7;1-6-3-14-16-10(6)15-9(12)7-2-8(11)5-13-4-7;7-6-1-5(2-8)3-9-4-6;1-3-2-6-7-4(3)5;1-2;;;;;1-5(2,3)4/h3-5,8-11,28H,6-7H2,1-2H3,(H,26,29,30);2-5H,1H3;2-5H,1H3,(H,15,16,18);2-4,14H,5-6,13H2,1H3;2-5H,1H3,(H3,12,14,15,16);1,3-4H;2H,1H3,(H3,5,6,7);1H3;3*1H3;;/i;;;;;;;1D;;;;;. The van der Waals surface area contributed by atoms with Gasteiger partial charge < -0.3 is 32.5 Å². The molecule has 0 radical (unpaired) electrons. The monoisotopic (exact) mass is 1920 g/mol. The fourth-order valence-electron chi connectivity index (χ4n) is 10.9. The number of aliphatic imine (C=N–C) groups is 1. The minimum absolute atomic E-state index is 0.139. The van der Waals surface area contributed by atoms with Gasteiger partial charge in [0.2, 0.25) is 11.2 Å². The first-order valence-electron chi connectivity index (χ1n) is 37.3. The summed E-state index contributed by atoms with van der Waals surface area (Å²) in [6, 6.07) is 18.3. The molecule has 31 nitrogen and oxygen atoms in total. The lowest BCUT2D eigenvalue weighted by Gasteiger charge is -2.10. The number of amidine groups is 1. The lowest BCUT2D eigenvalue weighted by Crippen LogP contribution is -2.19. The number of nitrogens with two attached hydrogens (primary N) is 3. The van der Waals surface area contributed by atoms with E-state index in [9.17, 15) is 40.1 Å². The van der Waals surface area contributed by atoms with Gasteiger partial charge in [0.1, 0.15) is 64.3 Å². The van der Waals surface area contributed by atoms with Gasteiger partial charge in [-0.3, -0.25) is 44.7 Å². The largest absolute Gasteiger partial charge is 0.384 e. The molecule has 0 saturated carbocycles. The number of hydrogen-bond donors (Lipinski definition) is 9. The number of halogens is 12. The van der Waals surface area contributed by atoms with E-state index in [2.05, 4.69) is 162 Å². The Kier molecular flexibility index (Phi) is 35.8. The third-order valence-corrected chi connectivity index (χ3v) is 16.8. The van der Waals surface area contributed by atoms with Crippen LogP contribution in [-0.4, -0.2) is 152 Å². The van der Waals surface area contributed by atoms with E-state index in [0.717, 1.165) is 109 Å². The summed E-state index contributed by atoms with van der Waals surface area (Å²) < 4.78 is 112. The van der Waals surface area contributed by atoms with E-state index in [4.69, 9.17) is 35.4 Å². The van der Waals surface area contributed by atoms with Gasteiger partial charge in [0.25, 0.3) is 14.1 Å². The number of alkyl halides is 1. The Labute approximate surface area is 742 Å². The summed E-state index contributed by atoms with van der Waals surface area (Å²) in [5, 5.41) is 35.3. The van der Waals surface area contributed by atoms with E-state index >= 15 is 0 Å². The van der Waals surface area contributed by atoms with E-state index in [-0.39, 0.29) is 48.3 Å². The predicted octanol–water partition coefficient (Wildman–Crippen LogP) is 17.5. The molecule has 0 aliphatic carbocycles. The maximum absolute atomic E-state index is 14.1. The number of para-hydroxylation sites is 2. The van der Waals surface area contributed by atoms with Crippen molar-refractivity contribution in [1.82, 2.24) is 114 Å². The number of anilines is 2. The van der Waals surface area contributed by atoms with Crippen LogP contribution in [0.25, 0.3) is 72.9 Å². The number of aromatic amines is 5. The number of aryl methyl sites for hydroxylation is 7. The number of rotatable bonds is 11. The average molecular weight is 1930 g/mol. The summed E-state index contributed by atoms with van der Waals surface area (Å²) in [6.07, 6.45) is 22.4. The normalized spacial score (nSPS) is 10.8. The van der Waals surface area contributed by atoms with Crippen LogP contribution in [0.15, 0.2) is 169 Å². The zero-order chi connectivity index (χ0) is 91.4. The van der Waals surface area contributed by atoms with Gasteiger partial charge in [0.05, 0.1) is 78.6 Å². The summed E-state index contributed by atoms with van der Waals surface area (Å²) in [4.78, 5) is 65.3. The molecule has 0 fully saturated rings. The van der Waals surface area contributed by atoms with Gasteiger partial charge in [-0.25, -0.2) is 55.5 Å². The van der Waals surface area contributed by atoms with Crippen molar-refractivity contribution in [3.63, 3.8) is 0 Å². The van der Waals surface area contributed by atoms with Crippen molar-refractivity contribution in [2.75, 3.05) is 29.0 Å². The highest BCUT2D eigenvalue weighted by molar-refractivity contribution is 14.1. The molecule has 15 aromatic heterocycles. The third-order valence-electron chi connectivity index (χ3n) is 16.5. The van der Waals surface area contributed by atoms with Crippen molar-refractivity contribution in [2.45, 2.75) is 78.7 Å². The number of nitriles is 1. The zero-order valence-corrected chi connectivity index (χ0v) is 74.8. The second kappa shape index (κ2) is 46.3. The number of nitrogens with one attached hydrogen (secondary N) is 6. The first-order chi connectivity index (χ1) is 59.5. The zero-order valence-electron chi connectivity index (χ0n) is 68.6. The van der Waals surface area contributed by atoms with E-state index in [1.807, 2.05) is 76.3 Å². The van der Waals surface area contributed by atoms with E-state index in [0.29, 0.717) is 104 Å². The van der Waals surface area contributed by atoms with Crippen molar-refractivity contribution in [3.8, 4) is 40.2 Å². The maximum Gasteiger partial charge on any atom is 0.349 e. The number of benzene rings is 2. The van der Waals surface area contributed by atoms with Gasteiger partial charge in [-0.15, -0.1) is 17.4 Å². The Balaban J connectivity index is 0.000000183. The first-order valence-corrected chi connectivity index (χ1v) is 46.4. The predicted molar refractivity (Wildman–Crippen MR) is 478 cm³/mol. The molecule has 0 aliphatic rings. The van der Waals surface area contributed by atoms with Gasteiger partial charge in [-0.05, 0) is 172 Å². The molecule has 644 valence electrons. The Morgan fingerprint density at radius 2 is 1.02 bits per heavy atom. The lowest BCUT2D eigenvalue weighted by molar-refractivity contribution is 0.600. The minimum Gasteiger partial charge on any atom is -0.384 e. The fraction of sp³-hybridized carbons (Fsp3) is 0.190. The molecule has 0 amide bonds. The number of fused-ring (bicyclic) bond motifs is 5. The molecule has 17 rings (SSSR count). The van der Waals surface area contributed by atoms with Gasteiger partial charge in [0, 0.05) is 111 Å². The molecule has 0 saturated heterocycles. The number of aromatic nitrogens is 23. The van der Waals surface area contributed by atoms with Crippen molar-refractivity contribution in [3.05, 3.63) is 278 Å². The summed E-state index contributed by atoms with van der Waals surface area (Å²) in [5.41, 5.74) is 29.4. The van der Waals surface area contributed by atoms with Crippen LogP contribution in [0.3, 0.4) is 0 Å². The molecular formula is C79H79AlCl4F7IN29O2P. The van der Waals surface area contributed by atoms with Crippen LogP contribution in [0.5, 0.6) is 0 Å². The SMILES string of the molecule is Cc1[nH]c2c(F)cccc2c1CCN.Cc1[nH]c2c(F)cccc2c1CCNc1nc(-c2cncc(F)c2)nc2c(C)cnn12.Cc1cn[nH]c1N.Cc1cn[nH]c1N=C(N)c1cncc(F)c1.Cc1cnn2c(=O)[nH]c(-c3cncc(F)c3)nc12.Cc1cnn2c(Cl)nc(-c3cncc(F)c3)nc12.N#Cc1cncc(F)c1.O=P(Cl)(Cl)Cl.[2H]CI.[CH3][Al]([CH3])[CH3]. The highest BCUT2D eigenvalue weighted by Crippen LogP contribution is 2.61. The molecule has 0 atom stereocenters. The number of nitrogens with zero attached hydrogens (tertiary/aromatic N) is 20. The highest BCUT2D eigenvalue weighted by atomic mass is 127. The average Bonchev–Trinajstić information content (AvgIpc) is 1.71. The molecule has 124 heavy (non-hydrogen) atoms. The van der Waals surface area contributed by atoms with Crippen LogP contribution in [0, 0.1) is 101 Å². The summed E-state index contributed by atoms with van der Waals surface area (Å²) in [6.45, 7) is 14.3. The molecule has 17 aromatic rings. The molecule has 2 aromatic carbocycles. The van der Waals surface area contributed by atoms with Gasteiger partial charge in [-0.2, -0.15) is 54.3 Å². The molecule has 0 aliphatic heterocycles. The van der Waals surface area contributed by atoms with Crippen LogP contribution < -0.4 is 28.2 Å². The molecule has 0 spiro atoms. The first kappa shape index (κ1) is 95.7. The number of hydrogen-bond acceptors (Lipinski definition) is 22. The Bertz CT molecular complexity index is 6650. The van der Waals surface area contributed by atoms with Crippen LogP contribution in [-0.2, 0) is 17.4 Å². The van der Waals surface area contributed by atoms with Gasteiger partial charge in [0.15, 0.2) is 34.4 Å². The molecular weight excluding hydrogens is 1850 g/mol. The third kappa shape index (κ3) is 27.9. The van der Waals surface area contributed by atoms with Crippen molar-refractivity contribution in [1.29, 1.82) is 5.26 Å². The Morgan fingerprint density at radius 1 is 0.581 bits per heavy atom. The van der Waals surface area contributed by atoms with Gasteiger partial charge >= 0.3 is 10.9 Å². The van der Waals surface area contributed by atoms with Crippen molar-refractivity contribution >= 4 is 149 Å². The second-order valence-corrected chi connectivity index (χ2v) is 37.3. The van der Waals surface area contributed by atoms with E-state index < -0.39 is 40.0 Å². The molecule has 12 N–H and O–H groups in total. The van der Waals surface area contributed by atoms with E-state index in [1.165, 1.54) is 71.9 Å². The second-order valence-electron chi connectivity index (χ2n) is 26.8. The quantitative estimate of drug-likeness (QED) is 0.0110. The molecule has 45 heteroatoms. The Morgan fingerprint density at radius 3 is 1.48 bits per heavy atom. The fourth-order valence-corrected chi connectivity index (χ4v) is 11.1. The smallest absolute Gasteiger partial charge is 0.349 e. The summed E-state index contributed by atoms with van der Waals surface area (Å²) in [5.74, 6) is 6.97. The molecule has 0 unspecified atom stereocenters. The van der Waals surface area contributed by atoms with Crippen molar-refractivity contribution < 1.29 is 36.7 Å². The van der Waals surface area contributed by atoms with Crippen LogP contribution in [0.2, 0.25) is 22.6 Å². The number of H-pyrrole nitrogens is 5. The van der Waals surface area contributed by atoms with Crippen LogP contribution in [0.4, 0.5) is 48.3 Å². The lowest BCUT2D eigenvalue weighted by atomic mass is 10.1. The summed E-state index contributed by atoms with van der Waals surface area (Å²) in [7, 11) is 0. The van der Waals surface area contributed by atoms with Gasteiger partial charge in [-0.1, -0.05) is 46.9 Å².